The Bertz CT molecular complexity index is 341. The third kappa shape index (κ3) is 1.75. The molecule has 3 heteroatoms. The summed E-state index contributed by atoms with van der Waals surface area (Å²) in [7, 11) is 0. The second kappa shape index (κ2) is 3.55. The van der Waals surface area contributed by atoms with Gasteiger partial charge in [0, 0.05) is 5.02 Å². The minimum absolute atomic E-state index is 0.198. The number of hydrogen-bond donors (Lipinski definition) is 0. The summed E-state index contributed by atoms with van der Waals surface area (Å²) in [5, 5.41) is 8.79. The van der Waals surface area contributed by atoms with Crippen LogP contribution in [0.25, 0.3) is 0 Å². The van der Waals surface area contributed by atoms with Crippen LogP contribution in [0.3, 0.4) is 0 Å². The Labute approximate surface area is 75.4 Å². The van der Waals surface area contributed by atoms with Gasteiger partial charge in [-0.3, -0.25) is 0 Å². The van der Waals surface area contributed by atoms with Crippen molar-refractivity contribution in [3.8, 4) is 6.07 Å². The second-order valence-electron chi connectivity index (χ2n) is 2.51. The first-order valence-electron chi connectivity index (χ1n) is 3.46. The Morgan fingerprint density at radius 2 is 2.25 bits per heavy atom. The molecule has 0 aromatic heterocycles. The van der Waals surface area contributed by atoms with E-state index in [4.69, 9.17) is 16.9 Å². The first-order chi connectivity index (χ1) is 5.65. The van der Waals surface area contributed by atoms with Crippen molar-refractivity contribution in [1.82, 2.24) is 0 Å². The summed E-state index contributed by atoms with van der Waals surface area (Å²) in [5.74, 6) is -0.393. The van der Waals surface area contributed by atoms with Gasteiger partial charge in [0.25, 0.3) is 0 Å². The fourth-order valence-electron chi connectivity index (χ4n) is 0.968. The van der Waals surface area contributed by atoms with E-state index in [9.17, 15) is 4.39 Å². The molecule has 0 aliphatic carbocycles. The fraction of sp³-hybridized carbons (Fsp3) is 0.222. The fourth-order valence-corrected chi connectivity index (χ4v) is 1.19. The van der Waals surface area contributed by atoms with Crippen LogP contribution >= 0.6 is 11.6 Å². The van der Waals surface area contributed by atoms with Gasteiger partial charge in [0.1, 0.15) is 5.82 Å². The topological polar surface area (TPSA) is 23.8 Å². The van der Waals surface area contributed by atoms with Crippen LogP contribution in [0.5, 0.6) is 0 Å². The Morgan fingerprint density at radius 1 is 1.58 bits per heavy atom. The standard InChI is InChI=1S/C9H7ClFN/c1-6-7(2-3-12)4-8(11)5-9(6)10/h4-5H,2H2,1H3. The Kier molecular flexibility index (Phi) is 2.67. The Hall–Kier alpha value is -1.07. The summed E-state index contributed by atoms with van der Waals surface area (Å²) >= 11 is 5.71. The number of nitriles is 1. The SMILES string of the molecule is Cc1c(Cl)cc(F)cc1CC#N. The molecule has 0 spiro atoms. The van der Waals surface area contributed by atoms with Gasteiger partial charge in [0.2, 0.25) is 0 Å². The molecule has 0 saturated heterocycles. The number of rotatable bonds is 1. The van der Waals surface area contributed by atoms with Crippen molar-refractivity contribution in [1.29, 1.82) is 5.26 Å². The smallest absolute Gasteiger partial charge is 0.125 e. The molecule has 0 radical (unpaired) electrons. The highest BCUT2D eigenvalue weighted by Crippen LogP contribution is 2.21. The van der Waals surface area contributed by atoms with Crippen LogP contribution in [0.2, 0.25) is 5.02 Å². The number of benzene rings is 1. The molecule has 1 aromatic carbocycles. The zero-order valence-electron chi connectivity index (χ0n) is 6.56. The molecule has 0 bridgehead atoms. The Balaban J connectivity index is 3.20. The van der Waals surface area contributed by atoms with Crippen LogP contribution in [0.4, 0.5) is 4.39 Å². The lowest BCUT2D eigenvalue weighted by molar-refractivity contribution is 0.625. The monoisotopic (exact) mass is 183 g/mol. The molecule has 1 aromatic rings. The highest BCUT2D eigenvalue weighted by Gasteiger charge is 2.04. The van der Waals surface area contributed by atoms with Gasteiger partial charge in [-0.1, -0.05) is 11.6 Å². The number of halogens is 2. The van der Waals surface area contributed by atoms with E-state index in [1.165, 1.54) is 12.1 Å². The molecule has 1 rings (SSSR count). The minimum atomic E-state index is -0.393. The molecule has 0 unspecified atom stereocenters. The Morgan fingerprint density at radius 3 is 2.83 bits per heavy atom. The zero-order valence-corrected chi connectivity index (χ0v) is 7.32. The molecule has 62 valence electrons. The van der Waals surface area contributed by atoms with E-state index in [0.717, 1.165) is 5.56 Å². The molecule has 0 amide bonds. The predicted molar refractivity (Wildman–Crippen MR) is 45.5 cm³/mol. The minimum Gasteiger partial charge on any atom is -0.207 e. The van der Waals surface area contributed by atoms with Crippen molar-refractivity contribution in [2.24, 2.45) is 0 Å². The molecular formula is C9H7ClFN. The summed E-state index contributed by atoms with van der Waals surface area (Å²) in [6.07, 6.45) is 0.198. The van der Waals surface area contributed by atoms with E-state index in [1.54, 1.807) is 6.92 Å². The van der Waals surface area contributed by atoms with Crippen LogP contribution in [-0.4, -0.2) is 0 Å². The van der Waals surface area contributed by atoms with Crippen molar-refractivity contribution >= 4 is 11.6 Å². The zero-order chi connectivity index (χ0) is 9.14. The molecule has 0 atom stereocenters. The number of hydrogen-bond acceptors (Lipinski definition) is 1. The normalized spacial score (nSPS) is 9.50. The maximum absolute atomic E-state index is 12.7. The molecular weight excluding hydrogens is 177 g/mol. The lowest BCUT2D eigenvalue weighted by Crippen LogP contribution is -1.90. The van der Waals surface area contributed by atoms with Gasteiger partial charge < -0.3 is 0 Å². The molecule has 0 aliphatic rings. The molecule has 0 aliphatic heterocycles. The lowest BCUT2D eigenvalue weighted by atomic mass is 10.1. The van der Waals surface area contributed by atoms with Crippen molar-refractivity contribution in [3.05, 3.63) is 34.1 Å². The van der Waals surface area contributed by atoms with E-state index >= 15 is 0 Å². The largest absolute Gasteiger partial charge is 0.207 e. The molecule has 0 N–H and O–H groups in total. The van der Waals surface area contributed by atoms with Gasteiger partial charge >= 0.3 is 0 Å². The van der Waals surface area contributed by atoms with Crippen LogP contribution < -0.4 is 0 Å². The number of nitrogens with zero attached hydrogens (tertiary/aromatic N) is 1. The maximum Gasteiger partial charge on any atom is 0.125 e. The van der Waals surface area contributed by atoms with Crippen molar-refractivity contribution in [3.63, 3.8) is 0 Å². The lowest BCUT2D eigenvalue weighted by Gasteiger charge is -2.03. The van der Waals surface area contributed by atoms with E-state index in [1.807, 2.05) is 6.07 Å². The summed E-state index contributed by atoms with van der Waals surface area (Å²) in [6, 6.07) is 4.54. The van der Waals surface area contributed by atoms with Crippen LogP contribution in [0.1, 0.15) is 11.1 Å². The molecule has 0 heterocycles. The van der Waals surface area contributed by atoms with Crippen molar-refractivity contribution in [2.75, 3.05) is 0 Å². The van der Waals surface area contributed by atoms with Crippen LogP contribution in [0, 0.1) is 24.1 Å². The van der Waals surface area contributed by atoms with E-state index in [2.05, 4.69) is 0 Å². The van der Waals surface area contributed by atoms with Crippen molar-refractivity contribution < 1.29 is 4.39 Å². The average molecular weight is 184 g/mol. The van der Waals surface area contributed by atoms with Gasteiger partial charge in [0.15, 0.2) is 0 Å². The quantitative estimate of drug-likeness (QED) is 0.657. The highest BCUT2D eigenvalue weighted by atomic mass is 35.5. The van der Waals surface area contributed by atoms with Gasteiger partial charge in [0.05, 0.1) is 12.5 Å². The highest BCUT2D eigenvalue weighted by molar-refractivity contribution is 6.31. The van der Waals surface area contributed by atoms with Gasteiger partial charge in [-0.05, 0) is 30.2 Å². The van der Waals surface area contributed by atoms with Gasteiger partial charge in [-0.2, -0.15) is 5.26 Å². The third-order valence-electron chi connectivity index (χ3n) is 1.69. The first-order valence-corrected chi connectivity index (χ1v) is 3.84. The predicted octanol–water partition coefficient (Wildman–Crippen LogP) is 2.85. The maximum atomic E-state index is 12.7. The molecule has 12 heavy (non-hydrogen) atoms. The molecule has 0 saturated carbocycles. The molecule has 0 fully saturated rings. The van der Waals surface area contributed by atoms with Crippen LogP contribution in [0.15, 0.2) is 12.1 Å². The van der Waals surface area contributed by atoms with E-state index < -0.39 is 5.82 Å². The van der Waals surface area contributed by atoms with Crippen LogP contribution in [-0.2, 0) is 6.42 Å². The summed E-state index contributed by atoms with van der Waals surface area (Å²) in [4.78, 5) is 0. The first kappa shape index (κ1) is 9.02. The molecule has 1 nitrogen and oxygen atoms in total. The van der Waals surface area contributed by atoms with Gasteiger partial charge in [-0.15, -0.1) is 0 Å². The third-order valence-corrected chi connectivity index (χ3v) is 2.08. The van der Waals surface area contributed by atoms with E-state index in [0.29, 0.717) is 10.6 Å². The summed E-state index contributed by atoms with van der Waals surface area (Å²) < 4.78 is 12.7. The van der Waals surface area contributed by atoms with E-state index in [-0.39, 0.29) is 6.42 Å². The van der Waals surface area contributed by atoms with Crippen molar-refractivity contribution in [2.45, 2.75) is 13.3 Å². The summed E-state index contributed by atoms with van der Waals surface area (Å²) in [5.41, 5.74) is 1.43. The summed E-state index contributed by atoms with van der Waals surface area (Å²) in [6.45, 7) is 1.77. The second-order valence-corrected chi connectivity index (χ2v) is 2.91. The van der Waals surface area contributed by atoms with Gasteiger partial charge in [-0.25, -0.2) is 4.39 Å². The average Bonchev–Trinajstić information content (AvgIpc) is 2.00.